The number of pyridine rings is 1. The lowest BCUT2D eigenvalue weighted by Gasteiger charge is -2.06. The Kier molecular flexibility index (Phi) is 4.80. The number of para-hydroxylation sites is 1. The van der Waals surface area contributed by atoms with Crippen LogP contribution in [0, 0.1) is 0 Å². The molecule has 0 fully saturated rings. The molecule has 5 heteroatoms. The standard InChI is InChI=1S/C18H20N4O/c1-14(23)10-20-12-16-13-22(17-7-3-2-4-8-17)21-18(16)15-6-5-9-19-11-15/h2-9,11,13-14,20,23H,10,12H2,1H3/t14-/m0/s1. The predicted molar refractivity (Wildman–Crippen MR) is 90.2 cm³/mol. The van der Waals surface area contributed by atoms with Crippen molar-refractivity contribution in [3.63, 3.8) is 0 Å². The lowest BCUT2D eigenvalue weighted by atomic mass is 10.1. The highest BCUT2D eigenvalue weighted by atomic mass is 16.3. The van der Waals surface area contributed by atoms with Gasteiger partial charge in [-0.3, -0.25) is 4.98 Å². The summed E-state index contributed by atoms with van der Waals surface area (Å²) in [6.45, 7) is 2.95. The summed E-state index contributed by atoms with van der Waals surface area (Å²) in [5.74, 6) is 0. The van der Waals surface area contributed by atoms with Gasteiger partial charge in [0.2, 0.25) is 0 Å². The molecule has 1 atom stereocenters. The van der Waals surface area contributed by atoms with Crippen molar-refractivity contribution in [3.8, 4) is 16.9 Å². The van der Waals surface area contributed by atoms with Gasteiger partial charge in [-0.25, -0.2) is 4.68 Å². The maximum Gasteiger partial charge on any atom is 0.0988 e. The van der Waals surface area contributed by atoms with Crippen LogP contribution in [0.2, 0.25) is 0 Å². The highest BCUT2D eigenvalue weighted by Crippen LogP contribution is 2.22. The number of nitrogens with one attached hydrogen (secondary N) is 1. The molecule has 0 spiro atoms. The first-order valence-electron chi connectivity index (χ1n) is 7.67. The molecule has 2 aromatic heterocycles. The second-order valence-electron chi connectivity index (χ2n) is 5.50. The number of aliphatic hydroxyl groups is 1. The van der Waals surface area contributed by atoms with Crippen LogP contribution < -0.4 is 5.32 Å². The van der Waals surface area contributed by atoms with E-state index in [1.807, 2.05) is 59.5 Å². The van der Waals surface area contributed by atoms with E-state index in [1.165, 1.54) is 0 Å². The van der Waals surface area contributed by atoms with E-state index in [1.54, 1.807) is 13.1 Å². The Morgan fingerprint density at radius 2 is 2.00 bits per heavy atom. The van der Waals surface area contributed by atoms with Crippen molar-refractivity contribution in [1.29, 1.82) is 0 Å². The molecule has 0 bridgehead atoms. The fourth-order valence-corrected chi connectivity index (χ4v) is 2.41. The van der Waals surface area contributed by atoms with Gasteiger partial charge in [-0.15, -0.1) is 0 Å². The zero-order chi connectivity index (χ0) is 16.1. The SMILES string of the molecule is C[C@H](O)CNCc1cn(-c2ccccc2)nc1-c1cccnc1. The van der Waals surface area contributed by atoms with Crippen molar-refractivity contribution in [1.82, 2.24) is 20.1 Å². The number of aliphatic hydroxyl groups excluding tert-OH is 1. The Morgan fingerprint density at radius 1 is 1.17 bits per heavy atom. The van der Waals surface area contributed by atoms with Crippen molar-refractivity contribution < 1.29 is 5.11 Å². The molecule has 2 heterocycles. The maximum absolute atomic E-state index is 9.41. The molecule has 0 amide bonds. The van der Waals surface area contributed by atoms with Crippen LogP contribution in [0.5, 0.6) is 0 Å². The highest BCUT2D eigenvalue weighted by Gasteiger charge is 2.12. The van der Waals surface area contributed by atoms with Gasteiger partial charge in [0.25, 0.3) is 0 Å². The largest absolute Gasteiger partial charge is 0.392 e. The van der Waals surface area contributed by atoms with E-state index in [4.69, 9.17) is 5.10 Å². The molecule has 0 unspecified atom stereocenters. The average molecular weight is 308 g/mol. The van der Waals surface area contributed by atoms with E-state index in [2.05, 4.69) is 10.3 Å². The van der Waals surface area contributed by atoms with Crippen LogP contribution in [-0.4, -0.2) is 32.5 Å². The fraction of sp³-hybridized carbons (Fsp3) is 0.222. The Bertz CT molecular complexity index is 738. The number of hydrogen-bond acceptors (Lipinski definition) is 4. The van der Waals surface area contributed by atoms with Crippen molar-refractivity contribution >= 4 is 0 Å². The Balaban J connectivity index is 1.93. The van der Waals surface area contributed by atoms with Crippen LogP contribution in [0.1, 0.15) is 12.5 Å². The summed E-state index contributed by atoms with van der Waals surface area (Å²) in [6.07, 6.45) is 5.21. The van der Waals surface area contributed by atoms with Gasteiger partial charge in [-0.2, -0.15) is 5.10 Å². The number of benzene rings is 1. The molecule has 3 rings (SSSR count). The Hall–Kier alpha value is -2.50. The van der Waals surface area contributed by atoms with Crippen LogP contribution >= 0.6 is 0 Å². The van der Waals surface area contributed by atoms with Crippen molar-refractivity contribution in [2.45, 2.75) is 19.6 Å². The van der Waals surface area contributed by atoms with Crippen LogP contribution in [0.25, 0.3) is 16.9 Å². The smallest absolute Gasteiger partial charge is 0.0988 e. The molecule has 2 N–H and O–H groups in total. The fourth-order valence-electron chi connectivity index (χ4n) is 2.41. The minimum atomic E-state index is -0.374. The third-order valence-corrected chi connectivity index (χ3v) is 3.50. The summed E-state index contributed by atoms with van der Waals surface area (Å²) >= 11 is 0. The van der Waals surface area contributed by atoms with E-state index in [0.29, 0.717) is 13.1 Å². The van der Waals surface area contributed by atoms with Crippen LogP contribution in [0.15, 0.2) is 61.1 Å². The first-order valence-corrected chi connectivity index (χ1v) is 7.67. The first-order chi connectivity index (χ1) is 11.2. The molecule has 0 saturated heterocycles. The second kappa shape index (κ2) is 7.17. The van der Waals surface area contributed by atoms with E-state index in [0.717, 1.165) is 22.5 Å². The molecular weight excluding hydrogens is 288 g/mol. The minimum absolute atomic E-state index is 0.374. The molecule has 0 aliphatic carbocycles. The van der Waals surface area contributed by atoms with Crippen LogP contribution in [-0.2, 0) is 6.54 Å². The van der Waals surface area contributed by atoms with Gasteiger partial charge in [0.05, 0.1) is 17.5 Å². The highest BCUT2D eigenvalue weighted by molar-refractivity contribution is 5.62. The minimum Gasteiger partial charge on any atom is -0.392 e. The van der Waals surface area contributed by atoms with E-state index in [-0.39, 0.29) is 6.10 Å². The lowest BCUT2D eigenvalue weighted by molar-refractivity contribution is 0.191. The Morgan fingerprint density at radius 3 is 2.70 bits per heavy atom. The molecule has 118 valence electrons. The number of hydrogen-bond donors (Lipinski definition) is 2. The summed E-state index contributed by atoms with van der Waals surface area (Å²) < 4.78 is 1.88. The third kappa shape index (κ3) is 3.83. The van der Waals surface area contributed by atoms with Crippen molar-refractivity contribution in [2.75, 3.05) is 6.54 Å². The topological polar surface area (TPSA) is 63.0 Å². The van der Waals surface area contributed by atoms with Gasteiger partial charge in [0.1, 0.15) is 0 Å². The molecule has 0 radical (unpaired) electrons. The molecule has 0 saturated carbocycles. The zero-order valence-corrected chi connectivity index (χ0v) is 13.1. The summed E-state index contributed by atoms with van der Waals surface area (Å²) in [4.78, 5) is 4.18. The molecule has 3 aromatic rings. The third-order valence-electron chi connectivity index (χ3n) is 3.50. The maximum atomic E-state index is 9.41. The molecule has 23 heavy (non-hydrogen) atoms. The second-order valence-corrected chi connectivity index (χ2v) is 5.50. The number of aromatic nitrogens is 3. The first kappa shape index (κ1) is 15.4. The van der Waals surface area contributed by atoms with Gasteiger partial charge in [-0.1, -0.05) is 18.2 Å². The lowest BCUT2D eigenvalue weighted by Crippen LogP contribution is -2.23. The van der Waals surface area contributed by atoms with Gasteiger partial charge in [0, 0.05) is 42.8 Å². The summed E-state index contributed by atoms with van der Waals surface area (Å²) in [5.41, 5.74) is 3.97. The molecule has 0 aliphatic rings. The van der Waals surface area contributed by atoms with Crippen molar-refractivity contribution in [2.24, 2.45) is 0 Å². The summed E-state index contributed by atoms with van der Waals surface area (Å²) in [5, 5.41) is 17.4. The molecule has 5 nitrogen and oxygen atoms in total. The van der Waals surface area contributed by atoms with Crippen LogP contribution in [0.4, 0.5) is 0 Å². The number of nitrogens with zero attached hydrogens (tertiary/aromatic N) is 3. The summed E-state index contributed by atoms with van der Waals surface area (Å²) in [6, 6.07) is 13.9. The van der Waals surface area contributed by atoms with Gasteiger partial charge >= 0.3 is 0 Å². The summed E-state index contributed by atoms with van der Waals surface area (Å²) in [7, 11) is 0. The van der Waals surface area contributed by atoms with E-state index in [9.17, 15) is 5.11 Å². The normalized spacial score (nSPS) is 12.3. The predicted octanol–water partition coefficient (Wildman–Crippen LogP) is 2.40. The van der Waals surface area contributed by atoms with Crippen molar-refractivity contribution in [3.05, 3.63) is 66.6 Å². The molecule has 1 aromatic carbocycles. The average Bonchev–Trinajstić information content (AvgIpc) is 3.00. The van der Waals surface area contributed by atoms with Gasteiger partial charge in [-0.05, 0) is 31.2 Å². The molecule has 0 aliphatic heterocycles. The van der Waals surface area contributed by atoms with E-state index < -0.39 is 0 Å². The van der Waals surface area contributed by atoms with Gasteiger partial charge in [0.15, 0.2) is 0 Å². The quantitative estimate of drug-likeness (QED) is 0.734. The molecular formula is C18H20N4O. The number of rotatable bonds is 6. The van der Waals surface area contributed by atoms with E-state index >= 15 is 0 Å². The zero-order valence-electron chi connectivity index (χ0n) is 13.1. The Labute approximate surface area is 135 Å². The monoisotopic (exact) mass is 308 g/mol. The van der Waals surface area contributed by atoms with Gasteiger partial charge < -0.3 is 10.4 Å². The van der Waals surface area contributed by atoms with Crippen LogP contribution in [0.3, 0.4) is 0 Å².